The first kappa shape index (κ1) is 13.4. The standard InChI is InChI=1S/C14H15NO4S/c15-20(16,17)9-10-3-1-5-13-12(10)4-2-6-14(13)19-8-11-7-18-11/h1-6,11H,7-9H2,(H2,15,16,17). The highest BCUT2D eigenvalue weighted by Crippen LogP contribution is 2.29. The van der Waals surface area contributed by atoms with E-state index in [1.807, 2.05) is 30.3 Å². The molecule has 6 heteroatoms. The van der Waals surface area contributed by atoms with E-state index in [9.17, 15) is 8.42 Å². The molecule has 106 valence electrons. The second kappa shape index (κ2) is 5.05. The third kappa shape index (κ3) is 3.09. The molecule has 0 aromatic heterocycles. The molecule has 3 rings (SSSR count). The smallest absolute Gasteiger partial charge is 0.213 e. The SMILES string of the molecule is NS(=O)(=O)Cc1cccc2c(OCC3CO3)cccc12. The van der Waals surface area contributed by atoms with Crippen molar-refractivity contribution in [3.05, 3.63) is 42.0 Å². The second-order valence-electron chi connectivity index (χ2n) is 4.84. The molecule has 1 fully saturated rings. The fourth-order valence-electron chi connectivity index (χ4n) is 2.16. The van der Waals surface area contributed by atoms with Crippen molar-refractivity contribution >= 4 is 20.8 Å². The summed E-state index contributed by atoms with van der Waals surface area (Å²) in [5, 5.41) is 6.85. The second-order valence-corrected chi connectivity index (χ2v) is 6.46. The summed E-state index contributed by atoms with van der Waals surface area (Å²) in [6, 6.07) is 11.1. The van der Waals surface area contributed by atoms with Gasteiger partial charge in [0, 0.05) is 5.39 Å². The summed E-state index contributed by atoms with van der Waals surface area (Å²) in [4.78, 5) is 0. The molecule has 2 aromatic carbocycles. The van der Waals surface area contributed by atoms with Gasteiger partial charge in [0.2, 0.25) is 10.0 Å². The lowest BCUT2D eigenvalue weighted by molar-refractivity contribution is 0.265. The Morgan fingerprint density at radius 3 is 2.60 bits per heavy atom. The Morgan fingerprint density at radius 2 is 1.90 bits per heavy atom. The van der Waals surface area contributed by atoms with Crippen molar-refractivity contribution in [3.63, 3.8) is 0 Å². The van der Waals surface area contributed by atoms with Crippen molar-refractivity contribution < 1.29 is 17.9 Å². The largest absolute Gasteiger partial charge is 0.490 e. The number of sulfonamides is 1. The van der Waals surface area contributed by atoms with Crippen molar-refractivity contribution in [2.45, 2.75) is 11.9 Å². The van der Waals surface area contributed by atoms with Crippen LogP contribution in [0.25, 0.3) is 10.8 Å². The Kier molecular flexibility index (Phi) is 3.37. The zero-order valence-electron chi connectivity index (χ0n) is 10.8. The quantitative estimate of drug-likeness (QED) is 0.845. The molecule has 1 heterocycles. The van der Waals surface area contributed by atoms with Gasteiger partial charge in [-0.05, 0) is 17.0 Å². The number of primary sulfonamides is 1. The van der Waals surface area contributed by atoms with Crippen LogP contribution in [0.5, 0.6) is 5.75 Å². The van der Waals surface area contributed by atoms with E-state index in [1.54, 1.807) is 6.07 Å². The summed E-state index contributed by atoms with van der Waals surface area (Å²) in [7, 11) is -3.56. The van der Waals surface area contributed by atoms with Gasteiger partial charge in [-0.3, -0.25) is 0 Å². The van der Waals surface area contributed by atoms with Crippen LogP contribution >= 0.6 is 0 Å². The summed E-state index contributed by atoms with van der Waals surface area (Å²) in [6.45, 7) is 1.25. The van der Waals surface area contributed by atoms with Crippen LogP contribution in [0.4, 0.5) is 0 Å². The zero-order valence-corrected chi connectivity index (χ0v) is 11.6. The Morgan fingerprint density at radius 1 is 1.20 bits per heavy atom. The molecule has 1 atom stereocenters. The lowest BCUT2D eigenvalue weighted by Gasteiger charge is -2.10. The molecule has 1 unspecified atom stereocenters. The van der Waals surface area contributed by atoms with Gasteiger partial charge >= 0.3 is 0 Å². The van der Waals surface area contributed by atoms with Gasteiger partial charge in [-0.15, -0.1) is 0 Å². The molecule has 0 aliphatic carbocycles. The Bertz CT molecular complexity index is 738. The molecule has 0 saturated carbocycles. The van der Waals surface area contributed by atoms with E-state index in [-0.39, 0.29) is 11.9 Å². The summed E-state index contributed by atoms with van der Waals surface area (Å²) in [6.07, 6.45) is 0.179. The van der Waals surface area contributed by atoms with Gasteiger partial charge in [0.1, 0.15) is 18.5 Å². The molecule has 0 spiro atoms. The molecule has 1 saturated heterocycles. The molecule has 20 heavy (non-hydrogen) atoms. The molecule has 2 N–H and O–H groups in total. The fourth-order valence-corrected chi connectivity index (χ4v) is 2.85. The predicted molar refractivity (Wildman–Crippen MR) is 76.0 cm³/mol. The van der Waals surface area contributed by atoms with Crippen LogP contribution < -0.4 is 9.88 Å². The number of ether oxygens (including phenoxy) is 2. The molecular formula is C14H15NO4S. The summed E-state index contributed by atoms with van der Waals surface area (Å²) < 4.78 is 33.4. The molecule has 5 nitrogen and oxygen atoms in total. The number of epoxide rings is 1. The van der Waals surface area contributed by atoms with Crippen LogP contribution in [-0.2, 0) is 20.5 Å². The summed E-state index contributed by atoms with van der Waals surface area (Å²) in [5.74, 6) is 0.550. The highest BCUT2D eigenvalue weighted by atomic mass is 32.2. The number of nitrogens with two attached hydrogens (primary N) is 1. The van der Waals surface area contributed by atoms with Crippen molar-refractivity contribution in [3.8, 4) is 5.75 Å². The van der Waals surface area contributed by atoms with Gasteiger partial charge in [0.25, 0.3) is 0 Å². The van der Waals surface area contributed by atoms with Crippen LogP contribution in [0.1, 0.15) is 5.56 Å². The van der Waals surface area contributed by atoms with Gasteiger partial charge in [0.05, 0.1) is 12.4 Å². The average Bonchev–Trinajstić information content (AvgIpc) is 3.19. The van der Waals surface area contributed by atoms with Crippen molar-refractivity contribution in [1.29, 1.82) is 0 Å². The predicted octanol–water partition coefficient (Wildman–Crippen LogP) is 1.41. The van der Waals surface area contributed by atoms with Crippen molar-refractivity contribution in [1.82, 2.24) is 0 Å². The molecule has 0 amide bonds. The Balaban J connectivity index is 1.99. The van der Waals surface area contributed by atoms with Crippen molar-refractivity contribution in [2.24, 2.45) is 5.14 Å². The number of hydrogen-bond acceptors (Lipinski definition) is 4. The van der Waals surface area contributed by atoms with Gasteiger partial charge in [0.15, 0.2) is 0 Å². The third-order valence-electron chi connectivity index (χ3n) is 3.16. The maximum absolute atomic E-state index is 11.3. The van der Waals surface area contributed by atoms with E-state index in [0.717, 1.165) is 23.1 Å². The van der Waals surface area contributed by atoms with Gasteiger partial charge in [-0.25, -0.2) is 13.6 Å². The minimum Gasteiger partial charge on any atom is -0.490 e. The Hall–Kier alpha value is -1.63. The summed E-state index contributed by atoms with van der Waals surface area (Å²) >= 11 is 0. The molecule has 0 bridgehead atoms. The molecule has 1 aliphatic heterocycles. The van der Waals surface area contributed by atoms with E-state index in [2.05, 4.69) is 0 Å². The number of benzene rings is 2. The minimum absolute atomic E-state index is 0.179. The van der Waals surface area contributed by atoms with Crippen molar-refractivity contribution in [2.75, 3.05) is 13.2 Å². The average molecular weight is 293 g/mol. The number of fused-ring (bicyclic) bond motifs is 1. The monoisotopic (exact) mass is 293 g/mol. The van der Waals surface area contributed by atoms with E-state index in [4.69, 9.17) is 14.6 Å². The zero-order chi connectivity index (χ0) is 14.2. The lowest BCUT2D eigenvalue weighted by atomic mass is 10.0. The van der Waals surface area contributed by atoms with Crippen LogP contribution in [0, 0.1) is 0 Å². The fraction of sp³-hybridized carbons (Fsp3) is 0.286. The van der Waals surface area contributed by atoms with Gasteiger partial charge in [-0.2, -0.15) is 0 Å². The highest BCUT2D eigenvalue weighted by molar-refractivity contribution is 7.88. The summed E-state index contributed by atoms with van der Waals surface area (Å²) in [5.41, 5.74) is 0.679. The van der Waals surface area contributed by atoms with Crippen LogP contribution in [0.3, 0.4) is 0 Å². The van der Waals surface area contributed by atoms with E-state index in [0.29, 0.717) is 12.2 Å². The topological polar surface area (TPSA) is 81.9 Å². The van der Waals surface area contributed by atoms with Gasteiger partial charge < -0.3 is 9.47 Å². The molecule has 2 aromatic rings. The van der Waals surface area contributed by atoms with Gasteiger partial charge in [-0.1, -0.05) is 30.3 Å². The maximum atomic E-state index is 11.3. The normalized spacial score (nSPS) is 18.1. The third-order valence-corrected chi connectivity index (χ3v) is 3.87. The number of hydrogen-bond donors (Lipinski definition) is 1. The first-order valence-corrected chi connectivity index (χ1v) is 8.00. The highest BCUT2D eigenvalue weighted by Gasteiger charge is 2.23. The first-order valence-electron chi connectivity index (χ1n) is 6.28. The molecular weight excluding hydrogens is 278 g/mol. The minimum atomic E-state index is -3.56. The molecule has 0 radical (unpaired) electrons. The van der Waals surface area contributed by atoms with Crippen LogP contribution in [0.2, 0.25) is 0 Å². The van der Waals surface area contributed by atoms with Crippen LogP contribution in [0.15, 0.2) is 36.4 Å². The maximum Gasteiger partial charge on any atom is 0.213 e. The Labute approximate surface area is 117 Å². The van der Waals surface area contributed by atoms with E-state index in [1.165, 1.54) is 0 Å². The molecule has 1 aliphatic rings. The number of rotatable bonds is 5. The lowest BCUT2D eigenvalue weighted by Crippen LogP contribution is -2.14. The van der Waals surface area contributed by atoms with E-state index < -0.39 is 10.0 Å². The first-order chi connectivity index (χ1) is 9.53. The van der Waals surface area contributed by atoms with Crippen LogP contribution in [-0.4, -0.2) is 27.7 Å². The van der Waals surface area contributed by atoms with E-state index >= 15 is 0 Å².